The standard InChI is InChI=1S/C13H14N2O4S2/c16-7-9-4-3-8(14-9)6-10-12(19)15(13(20)21-10)5-1-2-11(17)18/h3-4,6,14,16H,1-2,5,7H2,(H,17,18). The Balaban J connectivity index is 2.04. The molecule has 0 saturated carbocycles. The number of carboxylic acids is 1. The highest BCUT2D eigenvalue weighted by molar-refractivity contribution is 8.26. The SMILES string of the molecule is O=C(O)CCCN1C(=O)C(=Cc2ccc(CO)[nH]2)SC1=S. The lowest BCUT2D eigenvalue weighted by Crippen LogP contribution is -2.29. The van der Waals surface area contributed by atoms with E-state index in [0.717, 1.165) is 0 Å². The molecule has 1 aliphatic rings. The van der Waals surface area contributed by atoms with Crippen LogP contribution in [0.5, 0.6) is 0 Å². The van der Waals surface area contributed by atoms with Crippen LogP contribution in [0.4, 0.5) is 0 Å². The maximum atomic E-state index is 12.2. The third kappa shape index (κ3) is 3.93. The van der Waals surface area contributed by atoms with Crippen LogP contribution in [0.25, 0.3) is 6.08 Å². The van der Waals surface area contributed by atoms with Gasteiger partial charge >= 0.3 is 5.97 Å². The van der Waals surface area contributed by atoms with Gasteiger partial charge in [0.1, 0.15) is 4.32 Å². The molecule has 21 heavy (non-hydrogen) atoms. The molecule has 3 N–H and O–H groups in total. The minimum absolute atomic E-state index is 0.00654. The number of amides is 1. The third-order valence-electron chi connectivity index (χ3n) is 2.87. The molecule has 0 unspecified atom stereocenters. The monoisotopic (exact) mass is 326 g/mol. The van der Waals surface area contributed by atoms with Crippen molar-refractivity contribution >= 4 is 46.3 Å². The van der Waals surface area contributed by atoms with Crippen molar-refractivity contribution in [1.29, 1.82) is 0 Å². The van der Waals surface area contributed by atoms with Crippen molar-refractivity contribution in [2.45, 2.75) is 19.4 Å². The van der Waals surface area contributed by atoms with Crippen LogP contribution < -0.4 is 0 Å². The fraction of sp³-hybridized carbons (Fsp3) is 0.308. The molecule has 1 saturated heterocycles. The molecule has 1 aromatic rings. The zero-order valence-electron chi connectivity index (χ0n) is 11.0. The third-order valence-corrected chi connectivity index (χ3v) is 4.25. The molecule has 0 atom stereocenters. The number of aromatic amines is 1. The Bertz CT molecular complexity index is 609. The number of aliphatic hydroxyl groups excluding tert-OH is 1. The highest BCUT2D eigenvalue weighted by Crippen LogP contribution is 2.32. The van der Waals surface area contributed by atoms with E-state index in [-0.39, 0.29) is 18.9 Å². The smallest absolute Gasteiger partial charge is 0.303 e. The number of H-pyrrole nitrogens is 1. The summed E-state index contributed by atoms with van der Waals surface area (Å²) < 4.78 is 0.436. The lowest BCUT2D eigenvalue weighted by molar-refractivity contribution is -0.137. The van der Waals surface area contributed by atoms with Crippen LogP contribution in [0.2, 0.25) is 0 Å². The van der Waals surface area contributed by atoms with Crippen molar-refractivity contribution in [3.05, 3.63) is 28.4 Å². The number of thioether (sulfide) groups is 1. The Kier molecular flexibility index (Phi) is 5.16. The number of thiocarbonyl (C=S) groups is 1. The van der Waals surface area contributed by atoms with Crippen molar-refractivity contribution in [2.75, 3.05) is 6.54 Å². The van der Waals surface area contributed by atoms with Crippen molar-refractivity contribution in [2.24, 2.45) is 0 Å². The van der Waals surface area contributed by atoms with Crippen LogP contribution in [0.3, 0.4) is 0 Å². The first kappa shape index (κ1) is 15.7. The topological polar surface area (TPSA) is 93.6 Å². The molecule has 0 aliphatic carbocycles. The minimum atomic E-state index is -0.890. The number of hydrogen-bond acceptors (Lipinski definition) is 5. The van der Waals surface area contributed by atoms with Gasteiger partial charge in [0, 0.05) is 24.4 Å². The van der Waals surface area contributed by atoms with E-state index in [1.165, 1.54) is 16.7 Å². The van der Waals surface area contributed by atoms with Gasteiger partial charge in [-0.15, -0.1) is 0 Å². The molecule has 2 rings (SSSR count). The summed E-state index contributed by atoms with van der Waals surface area (Å²) in [4.78, 5) is 27.6. The number of hydrogen-bond donors (Lipinski definition) is 3. The number of aromatic nitrogens is 1. The van der Waals surface area contributed by atoms with Crippen LogP contribution in [0.1, 0.15) is 24.2 Å². The number of carbonyl (C=O) groups is 2. The lowest BCUT2D eigenvalue weighted by atomic mass is 10.3. The summed E-state index contributed by atoms with van der Waals surface area (Å²) in [5.74, 6) is -1.10. The van der Waals surface area contributed by atoms with E-state index in [9.17, 15) is 9.59 Å². The van der Waals surface area contributed by atoms with E-state index in [4.69, 9.17) is 22.4 Å². The minimum Gasteiger partial charge on any atom is -0.481 e. The first-order valence-electron chi connectivity index (χ1n) is 6.27. The largest absolute Gasteiger partial charge is 0.481 e. The van der Waals surface area contributed by atoms with Gasteiger partial charge in [0.15, 0.2) is 0 Å². The highest BCUT2D eigenvalue weighted by Gasteiger charge is 2.31. The molecule has 0 bridgehead atoms. The fourth-order valence-corrected chi connectivity index (χ4v) is 3.16. The van der Waals surface area contributed by atoms with E-state index in [1.54, 1.807) is 18.2 Å². The second-order valence-corrected chi connectivity index (χ2v) is 6.10. The number of aliphatic hydroxyl groups is 1. The summed E-state index contributed by atoms with van der Waals surface area (Å²) in [7, 11) is 0. The molecule has 112 valence electrons. The molecule has 1 aromatic heterocycles. The van der Waals surface area contributed by atoms with Crippen LogP contribution in [-0.2, 0) is 16.2 Å². The van der Waals surface area contributed by atoms with Gasteiger partial charge in [0.05, 0.1) is 11.5 Å². The van der Waals surface area contributed by atoms with E-state index in [0.29, 0.717) is 33.6 Å². The lowest BCUT2D eigenvalue weighted by Gasteiger charge is -2.13. The van der Waals surface area contributed by atoms with Crippen molar-refractivity contribution in [1.82, 2.24) is 9.88 Å². The molecular weight excluding hydrogens is 312 g/mol. The Morgan fingerprint density at radius 3 is 2.86 bits per heavy atom. The van der Waals surface area contributed by atoms with Crippen LogP contribution in [0.15, 0.2) is 17.0 Å². The molecule has 0 aromatic carbocycles. The first-order valence-corrected chi connectivity index (χ1v) is 7.49. The molecule has 0 radical (unpaired) electrons. The van der Waals surface area contributed by atoms with Gasteiger partial charge in [-0.05, 0) is 24.6 Å². The maximum absolute atomic E-state index is 12.2. The van der Waals surface area contributed by atoms with Gasteiger partial charge in [0.2, 0.25) is 0 Å². The summed E-state index contributed by atoms with van der Waals surface area (Å²) in [6, 6.07) is 3.50. The summed E-state index contributed by atoms with van der Waals surface area (Å²) in [5, 5.41) is 17.6. The number of aliphatic carboxylic acids is 1. The number of nitrogens with zero attached hydrogens (tertiary/aromatic N) is 1. The number of rotatable bonds is 6. The van der Waals surface area contributed by atoms with Crippen molar-refractivity contribution in [3.63, 3.8) is 0 Å². The normalized spacial score (nSPS) is 17.0. The van der Waals surface area contributed by atoms with Gasteiger partial charge in [-0.25, -0.2) is 0 Å². The van der Waals surface area contributed by atoms with Crippen LogP contribution in [-0.4, -0.2) is 42.8 Å². The van der Waals surface area contributed by atoms with E-state index in [1.807, 2.05) is 0 Å². The van der Waals surface area contributed by atoms with E-state index >= 15 is 0 Å². The fourth-order valence-electron chi connectivity index (χ4n) is 1.86. The summed E-state index contributed by atoms with van der Waals surface area (Å²) in [6.45, 7) is 0.213. The van der Waals surface area contributed by atoms with Gasteiger partial charge in [0.25, 0.3) is 5.91 Å². The average molecular weight is 326 g/mol. The Labute approximate surface area is 130 Å². The average Bonchev–Trinajstić information content (AvgIpc) is 2.98. The van der Waals surface area contributed by atoms with E-state index in [2.05, 4.69) is 4.98 Å². The van der Waals surface area contributed by atoms with E-state index < -0.39 is 5.97 Å². The second kappa shape index (κ2) is 6.88. The molecule has 8 heteroatoms. The maximum Gasteiger partial charge on any atom is 0.303 e. The van der Waals surface area contributed by atoms with Gasteiger partial charge in [-0.2, -0.15) is 0 Å². The first-order chi connectivity index (χ1) is 10.0. The predicted molar refractivity (Wildman–Crippen MR) is 83.5 cm³/mol. The summed E-state index contributed by atoms with van der Waals surface area (Å²) in [5.41, 5.74) is 1.38. The molecule has 1 fully saturated rings. The molecule has 2 heterocycles. The molecular formula is C13H14N2O4S2. The highest BCUT2D eigenvalue weighted by atomic mass is 32.2. The Morgan fingerprint density at radius 2 is 2.24 bits per heavy atom. The quantitative estimate of drug-likeness (QED) is 0.543. The molecule has 1 amide bonds. The number of carboxylic acid groups (broad SMARTS) is 1. The molecule has 0 spiro atoms. The Morgan fingerprint density at radius 1 is 1.48 bits per heavy atom. The summed E-state index contributed by atoms with van der Waals surface area (Å²) in [6.07, 6.45) is 2.05. The molecule has 6 nitrogen and oxygen atoms in total. The van der Waals surface area contributed by atoms with Crippen LogP contribution in [0, 0.1) is 0 Å². The van der Waals surface area contributed by atoms with Crippen molar-refractivity contribution in [3.8, 4) is 0 Å². The predicted octanol–water partition coefficient (Wildman–Crippen LogP) is 1.57. The van der Waals surface area contributed by atoms with Gasteiger partial charge in [-0.3, -0.25) is 14.5 Å². The zero-order valence-corrected chi connectivity index (χ0v) is 12.7. The van der Waals surface area contributed by atoms with Crippen LogP contribution >= 0.6 is 24.0 Å². The Hall–Kier alpha value is -1.64. The molecule has 1 aliphatic heterocycles. The zero-order chi connectivity index (χ0) is 15.4. The van der Waals surface area contributed by atoms with Crippen molar-refractivity contribution < 1.29 is 19.8 Å². The number of nitrogens with one attached hydrogen (secondary N) is 1. The van der Waals surface area contributed by atoms with Gasteiger partial charge in [-0.1, -0.05) is 24.0 Å². The number of carbonyl (C=O) groups excluding carboxylic acids is 1. The summed E-state index contributed by atoms with van der Waals surface area (Å²) >= 11 is 6.34. The van der Waals surface area contributed by atoms with Gasteiger partial charge < -0.3 is 15.2 Å². The second-order valence-electron chi connectivity index (χ2n) is 4.43.